The lowest BCUT2D eigenvalue weighted by molar-refractivity contribution is -0.121. The molecule has 5 rings (SSSR count). The summed E-state index contributed by atoms with van der Waals surface area (Å²) in [6.07, 6.45) is 1.82. The van der Waals surface area contributed by atoms with Crippen LogP contribution in [0.1, 0.15) is 17.2 Å². The number of carbonyl (C=O) groups excluding carboxylic acids is 1. The molecule has 180 valence electrons. The molecule has 0 radical (unpaired) electrons. The molecule has 1 saturated heterocycles. The van der Waals surface area contributed by atoms with Crippen molar-refractivity contribution in [3.8, 4) is 0 Å². The highest BCUT2D eigenvalue weighted by molar-refractivity contribution is 5.94. The van der Waals surface area contributed by atoms with Crippen molar-refractivity contribution in [2.75, 3.05) is 44.8 Å². The monoisotopic (exact) mass is 469 g/mol. The summed E-state index contributed by atoms with van der Waals surface area (Å²) in [5.41, 5.74) is 3.98. The molecule has 2 heterocycles. The van der Waals surface area contributed by atoms with E-state index in [-0.39, 0.29) is 18.6 Å². The van der Waals surface area contributed by atoms with Crippen LogP contribution in [0.4, 0.5) is 5.69 Å². The molecule has 1 aromatic heterocycles. The van der Waals surface area contributed by atoms with Gasteiger partial charge in [-0.1, -0.05) is 60.7 Å². The smallest absolute Gasteiger partial charge is 0.250 e. The van der Waals surface area contributed by atoms with Crippen molar-refractivity contribution < 1.29 is 14.3 Å². The maximum absolute atomic E-state index is 12.7. The third kappa shape index (κ3) is 5.98. The van der Waals surface area contributed by atoms with Crippen molar-refractivity contribution in [2.24, 2.45) is 0 Å². The van der Waals surface area contributed by atoms with Gasteiger partial charge in [0.2, 0.25) is 5.91 Å². The standard InChI is InChI=1S/C29H31N3O3/c33-28(22-35-29(23-7-3-1-4-8-23)24-9-5-2-6-10-24)30-26-11-12-27-25(21-26)13-14-32(27)16-15-31-17-19-34-20-18-31/h1-14,21,29H,15-20,22H2,(H,30,33). The van der Waals surface area contributed by atoms with Gasteiger partial charge in [-0.05, 0) is 35.4 Å². The average molecular weight is 470 g/mol. The first kappa shape index (κ1) is 23.3. The Kier molecular flexibility index (Phi) is 7.53. The first-order valence-electron chi connectivity index (χ1n) is 12.2. The molecular formula is C29H31N3O3. The van der Waals surface area contributed by atoms with Gasteiger partial charge >= 0.3 is 0 Å². The lowest BCUT2D eigenvalue weighted by Crippen LogP contribution is -2.38. The Labute approximate surface area is 206 Å². The minimum atomic E-state index is -0.300. The Morgan fingerprint density at radius 2 is 1.57 bits per heavy atom. The van der Waals surface area contributed by atoms with E-state index in [0.29, 0.717) is 0 Å². The minimum Gasteiger partial charge on any atom is -0.379 e. The maximum Gasteiger partial charge on any atom is 0.250 e. The summed E-state index contributed by atoms with van der Waals surface area (Å²) in [7, 11) is 0. The molecule has 0 bridgehead atoms. The number of fused-ring (bicyclic) bond motifs is 1. The Morgan fingerprint density at radius 3 is 2.26 bits per heavy atom. The number of rotatable bonds is 9. The van der Waals surface area contributed by atoms with E-state index in [4.69, 9.17) is 9.47 Å². The fraction of sp³-hybridized carbons (Fsp3) is 0.276. The molecule has 1 amide bonds. The predicted octanol–water partition coefficient (Wildman–Crippen LogP) is 4.72. The van der Waals surface area contributed by atoms with Crippen LogP contribution in [0, 0.1) is 0 Å². The van der Waals surface area contributed by atoms with Gasteiger partial charge in [-0.2, -0.15) is 0 Å². The molecule has 1 N–H and O–H groups in total. The van der Waals surface area contributed by atoms with Gasteiger partial charge < -0.3 is 19.4 Å². The van der Waals surface area contributed by atoms with Crippen LogP contribution >= 0.6 is 0 Å². The molecule has 0 spiro atoms. The predicted molar refractivity (Wildman–Crippen MR) is 139 cm³/mol. The van der Waals surface area contributed by atoms with E-state index in [1.807, 2.05) is 72.8 Å². The van der Waals surface area contributed by atoms with E-state index in [0.717, 1.165) is 61.6 Å². The van der Waals surface area contributed by atoms with E-state index in [1.54, 1.807) is 0 Å². The number of nitrogens with zero attached hydrogens (tertiary/aromatic N) is 2. The number of nitrogens with one attached hydrogen (secondary N) is 1. The second-order valence-corrected chi connectivity index (χ2v) is 8.80. The first-order chi connectivity index (χ1) is 17.3. The number of ether oxygens (including phenoxy) is 2. The molecule has 1 aliphatic rings. The molecule has 6 nitrogen and oxygen atoms in total. The lowest BCUT2D eigenvalue weighted by atomic mass is 10.0. The SMILES string of the molecule is O=C(COC(c1ccccc1)c1ccccc1)Nc1ccc2c(ccn2CCN2CCOCC2)c1. The third-order valence-corrected chi connectivity index (χ3v) is 6.40. The average Bonchev–Trinajstić information content (AvgIpc) is 3.31. The number of benzene rings is 3. The normalized spacial score (nSPS) is 14.4. The van der Waals surface area contributed by atoms with Crippen LogP contribution < -0.4 is 5.32 Å². The second kappa shape index (κ2) is 11.3. The largest absolute Gasteiger partial charge is 0.379 e. The molecule has 0 unspecified atom stereocenters. The third-order valence-electron chi connectivity index (χ3n) is 6.40. The highest BCUT2D eigenvalue weighted by Crippen LogP contribution is 2.26. The van der Waals surface area contributed by atoms with Crippen LogP contribution in [0.5, 0.6) is 0 Å². The number of morpholine rings is 1. The summed E-state index contributed by atoms with van der Waals surface area (Å²) < 4.78 is 13.8. The Hall–Kier alpha value is -3.45. The zero-order chi connectivity index (χ0) is 23.9. The topological polar surface area (TPSA) is 55.7 Å². The zero-order valence-electron chi connectivity index (χ0n) is 19.8. The Morgan fingerprint density at radius 1 is 0.886 bits per heavy atom. The fourth-order valence-electron chi connectivity index (χ4n) is 4.54. The number of hydrogen-bond acceptors (Lipinski definition) is 4. The van der Waals surface area contributed by atoms with Crippen molar-refractivity contribution in [1.29, 1.82) is 0 Å². The summed E-state index contributed by atoms with van der Waals surface area (Å²) >= 11 is 0. The van der Waals surface area contributed by atoms with E-state index >= 15 is 0 Å². The lowest BCUT2D eigenvalue weighted by Gasteiger charge is -2.26. The van der Waals surface area contributed by atoms with Crippen LogP contribution in [-0.4, -0.2) is 54.8 Å². The number of amides is 1. The summed E-state index contributed by atoms with van der Waals surface area (Å²) in [6.45, 7) is 5.52. The van der Waals surface area contributed by atoms with Crippen molar-refractivity contribution >= 4 is 22.5 Å². The molecule has 1 aliphatic heterocycles. The summed E-state index contributed by atoms with van der Waals surface area (Å²) in [5.74, 6) is -0.173. The molecule has 0 atom stereocenters. The van der Waals surface area contributed by atoms with Gasteiger partial charge in [-0.15, -0.1) is 0 Å². The zero-order valence-corrected chi connectivity index (χ0v) is 19.8. The van der Waals surface area contributed by atoms with Crippen molar-refractivity contribution in [3.63, 3.8) is 0 Å². The van der Waals surface area contributed by atoms with Gasteiger partial charge in [-0.3, -0.25) is 9.69 Å². The van der Waals surface area contributed by atoms with Crippen LogP contribution in [0.3, 0.4) is 0 Å². The van der Waals surface area contributed by atoms with E-state index in [2.05, 4.69) is 33.1 Å². The highest BCUT2D eigenvalue weighted by Gasteiger charge is 2.16. The molecule has 3 aromatic carbocycles. The number of anilines is 1. The number of aromatic nitrogens is 1. The number of hydrogen-bond donors (Lipinski definition) is 1. The van der Waals surface area contributed by atoms with Crippen LogP contribution in [0.25, 0.3) is 10.9 Å². The van der Waals surface area contributed by atoms with E-state index in [9.17, 15) is 4.79 Å². The summed E-state index contributed by atoms with van der Waals surface area (Å²) in [4.78, 5) is 15.2. The molecule has 1 fully saturated rings. The quantitative estimate of drug-likeness (QED) is 0.386. The van der Waals surface area contributed by atoms with Crippen LogP contribution in [-0.2, 0) is 20.8 Å². The van der Waals surface area contributed by atoms with E-state index < -0.39 is 0 Å². The fourth-order valence-corrected chi connectivity index (χ4v) is 4.54. The molecule has 6 heteroatoms. The minimum absolute atomic E-state index is 0.0347. The van der Waals surface area contributed by atoms with Crippen molar-refractivity contribution in [3.05, 3.63) is 102 Å². The van der Waals surface area contributed by atoms with Crippen molar-refractivity contribution in [2.45, 2.75) is 12.6 Å². The molecule has 4 aromatic rings. The van der Waals surface area contributed by atoms with Crippen molar-refractivity contribution in [1.82, 2.24) is 9.47 Å². The van der Waals surface area contributed by atoms with Gasteiger partial charge in [0.15, 0.2) is 0 Å². The van der Waals surface area contributed by atoms with Gasteiger partial charge in [-0.25, -0.2) is 0 Å². The highest BCUT2D eigenvalue weighted by atomic mass is 16.5. The van der Waals surface area contributed by atoms with E-state index in [1.165, 1.54) is 5.52 Å². The molecule has 35 heavy (non-hydrogen) atoms. The molecular weight excluding hydrogens is 438 g/mol. The van der Waals surface area contributed by atoms with Crippen LogP contribution in [0.2, 0.25) is 0 Å². The Bertz CT molecular complexity index is 1190. The molecule has 0 aliphatic carbocycles. The summed E-state index contributed by atoms with van der Waals surface area (Å²) in [6, 6.07) is 28.1. The van der Waals surface area contributed by atoms with Gasteiger partial charge in [0.1, 0.15) is 12.7 Å². The van der Waals surface area contributed by atoms with Gasteiger partial charge in [0.25, 0.3) is 0 Å². The Balaban J connectivity index is 1.20. The molecule has 0 saturated carbocycles. The summed E-state index contributed by atoms with van der Waals surface area (Å²) in [5, 5.41) is 4.10. The maximum atomic E-state index is 12.7. The number of carbonyl (C=O) groups is 1. The van der Waals surface area contributed by atoms with Gasteiger partial charge in [0, 0.05) is 49.0 Å². The second-order valence-electron chi connectivity index (χ2n) is 8.80. The van der Waals surface area contributed by atoms with Crippen LogP contribution in [0.15, 0.2) is 91.1 Å². The first-order valence-corrected chi connectivity index (χ1v) is 12.2. The van der Waals surface area contributed by atoms with Gasteiger partial charge in [0.05, 0.1) is 13.2 Å².